The lowest BCUT2D eigenvalue weighted by atomic mass is 9.73. The molecule has 0 aromatic heterocycles. The topological polar surface area (TPSA) is 38.8 Å². The molecule has 6 heteroatoms. The summed E-state index contributed by atoms with van der Waals surface area (Å²) in [6.07, 6.45) is 12.1. The lowest BCUT2D eigenvalue weighted by molar-refractivity contribution is -0.116. The molecular formula is C31H37BClNO3. The number of alkyl halides is 1. The number of hydrogen-bond donors (Lipinski definition) is 0. The van der Waals surface area contributed by atoms with Gasteiger partial charge in [0, 0.05) is 5.69 Å². The average Bonchev–Trinajstić information content (AvgIpc) is 2.95. The van der Waals surface area contributed by atoms with Crippen molar-refractivity contribution >= 4 is 30.7 Å². The van der Waals surface area contributed by atoms with E-state index in [1.807, 2.05) is 78.9 Å². The van der Waals surface area contributed by atoms with Crippen LogP contribution >= 0.6 is 11.6 Å². The highest BCUT2D eigenvalue weighted by Gasteiger charge is 2.16. The molecule has 0 unspecified atom stereocenters. The number of ether oxygens (including phenoxy) is 1. The van der Waals surface area contributed by atoms with Crippen LogP contribution in [0.4, 0.5) is 5.69 Å². The van der Waals surface area contributed by atoms with Gasteiger partial charge >= 0.3 is 7.48 Å². The van der Waals surface area contributed by atoms with Crippen molar-refractivity contribution in [1.29, 1.82) is 0 Å². The summed E-state index contributed by atoms with van der Waals surface area (Å²) >= 11 is 5.88. The molecule has 1 amide bonds. The monoisotopic (exact) mass is 517 g/mol. The highest BCUT2D eigenvalue weighted by Crippen LogP contribution is 2.29. The third-order valence-corrected chi connectivity index (χ3v) is 7.25. The maximum absolute atomic E-state index is 12.5. The fourth-order valence-electron chi connectivity index (χ4n) is 4.87. The molecule has 4 rings (SSSR count). The lowest BCUT2D eigenvalue weighted by Crippen LogP contribution is -2.31. The number of rotatable bonds is 9. The second kappa shape index (κ2) is 14.7. The van der Waals surface area contributed by atoms with Crippen molar-refractivity contribution in [2.75, 3.05) is 10.8 Å². The first-order valence-electron chi connectivity index (χ1n) is 13.6. The molecule has 0 spiro atoms. The van der Waals surface area contributed by atoms with E-state index in [0.717, 1.165) is 30.2 Å². The van der Waals surface area contributed by atoms with Crippen LogP contribution in [-0.4, -0.2) is 19.3 Å². The number of carbonyl (C=O) groups is 1. The zero-order valence-corrected chi connectivity index (χ0v) is 22.4. The van der Waals surface area contributed by atoms with Gasteiger partial charge in [-0.25, -0.2) is 0 Å². The summed E-state index contributed by atoms with van der Waals surface area (Å²) in [4.78, 5) is 14.2. The highest BCUT2D eigenvalue weighted by molar-refractivity contribution is 6.30. The summed E-state index contributed by atoms with van der Waals surface area (Å²) in [6.45, 7) is 0.467. The highest BCUT2D eigenvalue weighted by atomic mass is 35.5. The molecule has 0 bridgehead atoms. The zero-order valence-electron chi connectivity index (χ0n) is 21.6. The average molecular weight is 518 g/mol. The molecule has 4 nitrogen and oxygen atoms in total. The van der Waals surface area contributed by atoms with Crippen LogP contribution in [0.1, 0.15) is 63.4 Å². The fraction of sp³-hybridized carbons (Fsp3) is 0.387. The Labute approximate surface area is 227 Å². The quantitative estimate of drug-likeness (QED) is 0.212. The van der Waals surface area contributed by atoms with Gasteiger partial charge in [0.1, 0.15) is 17.4 Å². The molecule has 1 aliphatic rings. The Kier molecular flexibility index (Phi) is 10.8. The van der Waals surface area contributed by atoms with Crippen LogP contribution in [-0.2, 0) is 11.3 Å². The Bertz CT molecular complexity index is 1070. The van der Waals surface area contributed by atoms with Crippen molar-refractivity contribution in [2.45, 2.75) is 70.1 Å². The summed E-state index contributed by atoms with van der Waals surface area (Å²) in [5, 5.41) is 0. The van der Waals surface area contributed by atoms with Gasteiger partial charge in [0.25, 0.3) is 0 Å². The maximum atomic E-state index is 12.5. The van der Waals surface area contributed by atoms with Gasteiger partial charge in [0.05, 0.1) is 12.3 Å². The van der Waals surface area contributed by atoms with Gasteiger partial charge in [0.2, 0.25) is 5.91 Å². The van der Waals surface area contributed by atoms with Crippen molar-refractivity contribution in [3.05, 3.63) is 84.4 Å². The molecular weight excluding hydrogens is 481 g/mol. The molecule has 0 saturated heterocycles. The summed E-state index contributed by atoms with van der Waals surface area (Å²) in [5.41, 5.74) is 1.83. The van der Waals surface area contributed by atoms with E-state index in [4.69, 9.17) is 21.0 Å². The number of hydrogen-bond acceptors (Lipinski definition) is 3. The minimum atomic E-state index is -0.139. The van der Waals surface area contributed by atoms with Crippen molar-refractivity contribution in [2.24, 2.45) is 0 Å². The summed E-state index contributed by atoms with van der Waals surface area (Å²) in [6, 6.07) is 25.2. The Morgan fingerprint density at radius 2 is 1.30 bits per heavy atom. The molecule has 0 aliphatic heterocycles. The van der Waals surface area contributed by atoms with Gasteiger partial charge in [-0.1, -0.05) is 88.1 Å². The van der Waals surface area contributed by atoms with Gasteiger partial charge in [-0.3, -0.25) is 4.79 Å². The molecule has 1 fully saturated rings. The summed E-state index contributed by atoms with van der Waals surface area (Å²) in [7, 11) is 0.794. The maximum Gasteiger partial charge on any atom is 0.343 e. The van der Waals surface area contributed by atoms with E-state index in [1.165, 1.54) is 57.8 Å². The fourth-order valence-corrected chi connectivity index (χ4v) is 5.01. The van der Waals surface area contributed by atoms with Crippen molar-refractivity contribution in [1.82, 2.24) is 0 Å². The van der Waals surface area contributed by atoms with Gasteiger partial charge in [-0.15, -0.1) is 11.6 Å². The number of carbonyl (C=O) groups excluding carboxylic acids is 1. The first-order valence-corrected chi connectivity index (χ1v) is 14.2. The molecule has 1 aliphatic carbocycles. The minimum absolute atomic E-state index is 0.0692. The Morgan fingerprint density at radius 3 is 1.89 bits per heavy atom. The van der Waals surface area contributed by atoms with Crippen molar-refractivity contribution < 1.29 is 14.2 Å². The van der Waals surface area contributed by atoms with Crippen LogP contribution in [0, 0.1) is 0 Å². The molecule has 3 aromatic rings. The number of benzene rings is 3. The van der Waals surface area contributed by atoms with Gasteiger partial charge in [0.15, 0.2) is 0 Å². The van der Waals surface area contributed by atoms with Crippen LogP contribution in [0.2, 0.25) is 5.82 Å². The largest absolute Gasteiger partial charge is 0.564 e. The predicted molar refractivity (Wildman–Crippen MR) is 154 cm³/mol. The molecule has 0 N–H and O–H groups in total. The van der Waals surface area contributed by atoms with E-state index >= 15 is 0 Å². The van der Waals surface area contributed by atoms with Gasteiger partial charge in [-0.2, -0.15) is 0 Å². The molecule has 3 aromatic carbocycles. The zero-order chi connectivity index (χ0) is 25.7. The number of amides is 1. The summed E-state index contributed by atoms with van der Waals surface area (Å²) < 4.78 is 12.2. The minimum Gasteiger partial charge on any atom is -0.564 e. The third-order valence-electron chi connectivity index (χ3n) is 7.02. The van der Waals surface area contributed by atoms with E-state index in [2.05, 4.69) is 0 Å². The third kappa shape index (κ3) is 8.86. The van der Waals surface area contributed by atoms with Gasteiger partial charge in [-0.05, 0) is 59.9 Å². The Balaban J connectivity index is 1.31. The summed E-state index contributed by atoms with van der Waals surface area (Å²) in [5.74, 6) is 2.78. The second-order valence-electron chi connectivity index (χ2n) is 9.90. The van der Waals surface area contributed by atoms with E-state index in [9.17, 15) is 4.79 Å². The SMILES string of the molecule is O=C(CCl)N(Cc1ccccc1)c1ccc(Oc2ccc(OBC3CCCCCCCCC3)cc2)cc1. The second-order valence-corrected chi connectivity index (χ2v) is 10.2. The number of nitrogens with zero attached hydrogens (tertiary/aromatic N) is 1. The molecule has 37 heavy (non-hydrogen) atoms. The van der Waals surface area contributed by atoms with Crippen LogP contribution in [0.15, 0.2) is 78.9 Å². The van der Waals surface area contributed by atoms with Crippen LogP contribution in [0.25, 0.3) is 0 Å². The lowest BCUT2D eigenvalue weighted by Gasteiger charge is -2.22. The number of halogens is 1. The molecule has 0 radical (unpaired) electrons. The first-order chi connectivity index (χ1) is 18.2. The van der Waals surface area contributed by atoms with E-state index in [0.29, 0.717) is 18.1 Å². The van der Waals surface area contributed by atoms with Crippen LogP contribution in [0.5, 0.6) is 17.2 Å². The standard InChI is InChI=1S/C31H37BClNO3/c33-23-31(35)34(24-25-11-7-6-8-12-25)27-15-17-28(18-16-27)36-29-19-21-30(22-20-29)37-32-26-13-9-4-2-1-3-5-10-14-26/h6-8,11-12,15-22,26,32H,1-5,9-10,13-14,23-24H2. The molecule has 0 heterocycles. The van der Waals surface area contributed by atoms with E-state index in [-0.39, 0.29) is 11.8 Å². The number of anilines is 1. The van der Waals surface area contributed by atoms with E-state index < -0.39 is 0 Å². The van der Waals surface area contributed by atoms with Gasteiger partial charge < -0.3 is 14.3 Å². The van der Waals surface area contributed by atoms with Crippen molar-refractivity contribution in [3.63, 3.8) is 0 Å². The first kappa shape index (κ1) is 27.1. The van der Waals surface area contributed by atoms with E-state index in [1.54, 1.807) is 4.90 Å². The normalized spacial score (nSPS) is 14.9. The van der Waals surface area contributed by atoms with Crippen LogP contribution in [0.3, 0.4) is 0 Å². The van der Waals surface area contributed by atoms with Crippen molar-refractivity contribution in [3.8, 4) is 17.2 Å². The molecule has 194 valence electrons. The molecule has 1 saturated carbocycles. The molecule has 0 atom stereocenters. The Morgan fingerprint density at radius 1 is 0.757 bits per heavy atom. The smallest absolute Gasteiger partial charge is 0.343 e. The van der Waals surface area contributed by atoms with Crippen LogP contribution < -0.4 is 14.3 Å². The predicted octanol–water partition coefficient (Wildman–Crippen LogP) is 8.29. The Hall–Kier alpha value is -2.92.